The molecular weight excluding hydrogens is 266 g/mol. The first-order valence-corrected chi connectivity index (χ1v) is 7.29. The van der Waals surface area contributed by atoms with E-state index >= 15 is 0 Å². The SMILES string of the molecule is CCNC(C)(C)C(=O)N1Cc2ccccc2C[C@H]1C(N)=O. The monoisotopic (exact) mass is 289 g/mol. The molecule has 5 nitrogen and oxygen atoms in total. The minimum absolute atomic E-state index is 0.0948. The fourth-order valence-electron chi connectivity index (χ4n) is 2.87. The van der Waals surface area contributed by atoms with E-state index in [9.17, 15) is 9.59 Å². The molecule has 1 atom stereocenters. The number of carbonyl (C=O) groups excluding carboxylic acids is 2. The Kier molecular flexibility index (Phi) is 4.32. The molecule has 0 bridgehead atoms. The molecule has 0 fully saturated rings. The van der Waals surface area contributed by atoms with E-state index in [2.05, 4.69) is 5.32 Å². The Morgan fingerprint density at radius 1 is 1.33 bits per heavy atom. The number of carbonyl (C=O) groups is 2. The summed E-state index contributed by atoms with van der Waals surface area (Å²) >= 11 is 0. The lowest BCUT2D eigenvalue weighted by Crippen LogP contribution is -2.60. The van der Waals surface area contributed by atoms with Crippen molar-refractivity contribution in [1.82, 2.24) is 10.2 Å². The predicted octanol–water partition coefficient (Wildman–Crippen LogP) is 0.813. The van der Waals surface area contributed by atoms with E-state index in [1.165, 1.54) is 0 Å². The van der Waals surface area contributed by atoms with Gasteiger partial charge in [-0.3, -0.25) is 9.59 Å². The molecule has 3 N–H and O–H groups in total. The van der Waals surface area contributed by atoms with Crippen molar-refractivity contribution in [2.75, 3.05) is 6.54 Å². The molecule has 1 aliphatic heterocycles. The number of nitrogens with zero attached hydrogens (tertiary/aromatic N) is 1. The minimum atomic E-state index is -0.714. The lowest BCUT2D eigenvalue weighted by Gasteiger charge is -2.39. The largest absolute Gasteiger partial charge is 0.368 e. The minimum Gasteiger partial charge on any atom is -0.368 e. The van der Waals surface area contributed by atoms with Crippen molar-refractivity contribution in [1.29, 1.82) is 0 Å². The van der Waals surface area contributed by atoms with Gasteiger partial charge in [-0.05, 0) is 31.5 Å². The second-order valence-corrected chi connectivity index (χ2v) is 5.98. The van der Waals surface area contributed by atoms with Gasteiger partial charge in [0.1, 0.15) is 6.04 Å². The molecule has 2 amide bonds. The summed E-state index contributed by atoms with van der Waals surface area (Å²) in [5.41, 5.74) is 6.97. The van der Waals surface area contributed by atoms with Crippen LogP contribution in [0.5, 0.6) is 0 Å². The molecule has 21 heavy (non-hydrogen) atoms. The Hall–Kier alpha value is -1.88. The zero-order valence-corrected chi connectivity index (χ0v) is 12.8. The van der Waals surface area contributed by atoms with Crippen molar-refractivity contribution < 1.29 is 9.59 Å². The van der Waals surface area contributed by atoms with Crippen LogP contribution < -0.4 is 11.1 Å². The standard InChI is InChI=1S/C16H23N3O2/c1-4-18-16(2,3)15(21)19-10-12-8-6-5-7-11(12)9-13(19)14(17)20/h5-8,13,18H,4,9-10H2,1-3H3,(H2,17,20)/t13-/m0/s1. The fraction of sp³-hybridized carbons (Fsp3) is 0.500. The van der Waals surface area contributed by atoms with E-state index in [-0.39, 0.29) is 5.91 Å². The van der Waals surface area contributed by atoms with E-state index in [1.807, 2.05) is 45.0 Å². The van der Waals surface area contributed by atoms with Crippen LogP contribution in [0.15, 0.2) is 24.3 Å². The second kappa shape index (κ2) is 5.85. The lowest BCUT2D eigenvalue weighted by atomic mass is 9.91. The van der Waals surface area contributed by atoms with Crippen molar-refractivity contribution in [2.24, 2.45) is 5.73 Å². The Morgan fingerprint density at radius 2 is 1.95 bits per heavy atom. The van der Waals surface area contributed by atoms with Crippen molar-refractivity contribution in [3.8, 4) is 0 Å². The van der Waals surface area contributed by atoms with Gasteiger partial charge in [0, 0.05) is 13.0 Å². The normalized spacial score (nSPS) is 18.2. The Labute approximate surface area is 125 Å². The number of likely N-dealkylation sites (N-methyl/N-ethyl adjacent to an activating group) is 1. The summed E-state index contributed by atoms with van der Waals surface area (Å²) in [7, 11) is 0. The van der Waals surface area contributed by atoms with Gasteiger partial charge in [-0.1, -0.05) is 31.2 Å². The predicted molar refractivity (Wildman–Crippen MR) is 81.4 cm³/mol. The molecule has 0 radical (unpaired) electrons. The third kappa shape index (κ3) is 3.08. The average molecular weight is 289 g/mol. The molecule has 0 spiro atoms. The number of amides is 2. The highest BCUT2D eigenvalue weighted by molar-refractivity contribution is 5.91. The van der Waals surface area contributed by atoms with Crippen LogP contribution in [0, 0.1) is 0 Å². The molecule has 0 saturated carbocycles. The highest BCUT2D eigenvalue weighted by Gasteiger charge is 2.39. The molecule has 2 rings (SSSR count). The number of nitrogens with two attached hydrogens (primary N) is 1. The maximum absolute atomic E-state index is 12.8. The summed E-state index contributed by atoms with van der Waals surface area (Å²) in [5.74, 6) is -0.548. The fourth-order valence-corrected chi connectivity index (χ4v) is 2.87. The first-order valence-electron chi connectivity index (χ1n) is 7.29. The topological polar surface area (TPSA) is 75.4 Å². The zero-order valence-electron chi connectivity index (χ0n) is 12.8. The van der Waals surface area contributed by atoms with Crippen molar-refractivity contribution >= 4 is 11.8 Å². The number of rotatable bonds is 4. The maximum Gasteiger partial charge on any atom is 0.243 e. The van der Waals surface area contributed by atoms with E-state index in [0.717, 1.165) is 11.1 Å². The summed E-state index contributed by atoms with van der Waals surface area (Å²) in [6, 6.07) is 7.29. The third-order valence-electron chi connectivity index (χ3n) is 3.99. The van der Waals surface area contributed by atoms with Crippen molar-refractivity contribution in [3.63, 3.8) is 0 Å². The van der Waals surface area contributed by atoms with Gasteiger partial charge in [-0.2, -0.15) is 0 Å². The van der Waals surface area contributed by atoms with Crippen LogP contribution in [-0.2, 0) is 22.6 Å². The van der Waals surface area contributed by atoms with Gasteiger partial charge < -0.3 is 16.0 Å². The molecule has 1 aliphatic rings. The molecule has 114 valence electrons. The first kappa shape index (κ1) is 15.5. The number of benzene rings is 1. The van der Waals surface area contributed by atoms with Crippen LogP contribution in [0.1, 0.15) is 31.9 Å². The molecule has 1 heterocycles. The van der Waals surface area contributed by atoms with E-state index in [4.69, 9.17) is 5.73 Å². The number of fused-ring (bicyclic) bond motifs is 1. The van der Waals surface area contributed by atoms with Crippen molar-refractivity contribution in [3.05, 3.63) is 35.4 Å². The molecule has 5 heteroatoms. The van der Waals surface area contributed by atoms with E-state index < -0.39 is 17.5 Å². The van der Waals surface area contributed by atoms with Gasteiger partial charge in [0.05, 0.1) is 5.54 Å². The third-order valence-corrected chi connectivity index (χ3v) is 3.99. The summed E-state index contributed by atoms with van der Waals surface area (Å²) < 4.78 is 0. The summed E-state index contributed by atoms with van der Waals surface area (Å²) in [6.45, 7) is 6.72. The van der Waals surface area contributed by atoms with Gasteiger partial charge in [-0.15, -0.1) is 0 Å². The highest BCUT2D eigenvalue weighted by atomic mass is 16.2. The second-order valence-electron chi connectivity index (χ2n) is 5.98. The Balaban J connectivity index is 2.33. The summed E-state index contributed by atoms with van der Waals surface area (Å²) in [6.07, 6.45) is 0.486. The van der Waals surface area contributed by atoms with Crippen LogP contribution in [0.4, 0.5) is 0 Å². The van der Waals surface area contributed by atoms with Crippen LogP contribution in [0.3, 0.4) is 0 Å². The Morgan fingerprint density at radius 3 is 2.52 bits per heavy atom. The molecule has 0 saturated heterocycles. The number of nitrogens with one attached hydrogen (secondary N) is 1. The molecular formula is C16H23N3O2. The molecule has 0 unspecified atom stereocenters. The average Bonchev–Trinajstić information content (AvgIpc) is 2.44. The lowest BCUT2D eigenvalue weighted by molar-refractivity contribution is -0.145. The van der Waals surface area contributed by atoms with Gasteiger partial charge in [0.25, 0.3) is 0 Å². The first-order chi connectivity index (χ1) is 9.86. The summed E-state index contributed by atoms with van der Waals surface area (Å²) in [5, 5.41) is 3.16. The number of hydrogen-bond donors (Lipinski definition) is 2. The van der Waals surface area contributed by atoms with Gasteiger partial charge in [-0.25, -0.2) is 0 Å². The molecule has 1 aromatic carbocycles. The van der Waals surface area contributed by atoms with Gasteiger partial charge >= 0.3 is 0 Å². The smallest absolute Gasteiger partial charge is 0.243 e. The summed E-state index contributed by atoms with van der Waals surface area (Å²) in [4.78, 5) is 26.2. The zero-order chi connectivity index (χ0) is 15.6. The van der Waals surface area contributed by atoms with Crippen LogP contribution in [0.2, 0.25) is 0 Å². The highest BCUT2D eigenvalue weighted by Crippen LogP contribution is 2.25. The van der Waals surface area contributed by atoms with E-state index in [0.29, 0.717) is 19.5 Å². The van der Waals surface area contributed by atoms with Crippen molar-refractivity contribution in [2.45, 2.75) is 45.3 Å². The number of primary amides is 1. The quantitative estimate of drug-likeness (QED) is 0.861. The van der Waals surface area contributed by atoms with Crippen LogP contribution in [-0.4, -0.2) is 34.8 Å². The molecule has 1 aromatic rings. The van der Waals surface area contributed by atoms with E-state index in [1.54, 1.807) is 4.90 Å². The van der Waals surface area contributed by atoms with Gasteiger partial charge in [0.15, 0.2) is 0 Å². The maximum atomic E-state index is 12.8. The molecule has 0 aromatic heterocycles. The number of hydrogen-bond acceptors (Lipinski definition) is 3. The van der Waals surface area contributed by atoms with Crippen LogP contribution in [0.25, 0.3) is 0 Å². The Bertz CT molecular complexity index is 554. The van der Waals surface area contributed by atoms with Gasteiger partial charge in [0.2, 0.25) is 11.8 Å². The van der Waals surface area contributed by atoms with Crippen LogP contribution >= 0.6 is 0 Å². The molecule has 0 aliphatic carbocycles.